The van der Waals surface area contributed by atoms with Gasteiger partial charge < -0.3 is 15.5 Å². The molecule has 0 saturated heterocycles. The molecule has 0 heterocycles. The number of unbranched alkanes of at least 4 members (excludes halogenated alkanes) is 7. The standard InChI is InChI=1S/C48H75NO3/c1-3-5-7-9-11-13-15-17-18-19-20-21-22-23-24-25-26-27-28-29-30-32-34-36-38-40-42-44-48(52)49-46(45-50)47(51)43-41-39-37-35-33-31-16-14-12-10-8-6-4-2/h5,7,11-14,17-18,20-21,23-24,26-27,29-30,33-36,41,43,46-47,50-51H,3-4,6,8-10,15-16,19,22,25,28,31-32,37-40,42,44-45H2,1-2H3,(H,49,52)/b7-5-,13-11-,14-12+,18-17-,21-20-,24-23-,27-26-,30-29-,35-33+,36-34-,43-41+. The van der Waals surface area contributed by atoms with Crippen LogP contribution in [-0.2, 0) is 4.79 Å². The third-order valence-corrected chi connectivity index (χ3v) is 8.10. The minimum Gasteiger partial charge on any atom is -0.394 e. The number of amides is 1. The molecule has 0 spiro atoms. The van der Waals surface area contributed by atoms with Crippen LogP contribution in [0.4, 0.5) is 0 Å². The first kappa shape index (κ1) is 48.5. The molecule has 2 atom stereocenters. The van der Waals surface area contributed by atoms with Crippen molar-refractivity contribution in [1.29, 1.82) is 0 Å². The molecule has 2 unspecified atom stereocenters. The van der Waals surface area contributed by atoms with Gasteiger partial charge in [0.05, 0.1) is 18.8 Å². The summed E-state index contributed by atoms with van der Waals surface area (Å²) in [6, 6.07) is -0.678. The lowest BCUT2D eigenvalue weighted by Gasteiger charge is -2.19. The average Bonchev–Trinajstić information content (AvgIpc) is 3.15. The van der Waals surface area contributed by atoms with E-state index in [-0.39, 0.29) is 12.5 Å². The summed E-state index contributed by atoms with van der Waals surface area (Å²) in [5, 5.41) is 22.8. The summed E-state index contributed by atoms with van der Waals surface area (Å²) in [4.78, 5) is 12.3. The van der Waals surface area contributed by atoms with E-state index in [1.807, 2.05) is 6.08 Å². The van der Waals surface area contributed by atoms with Crippen LogP contribution in [0.25, 0.3) is 0 Å². The molecule has 3 N–H and O–H groups in total. The molecule has 0 bridgehead atoms. The summed E-state index contributed by atoms with van der Waals surface area (Å²) < 4.78 is 0. The molecule has 0 saturated carbocycles. The Kier molecular flexibility index (Phi) is 39.1. The van der Waals surface area contributed by atoms with Crippen molar-refractivity contribution in [2.75, 3.05) is 6.61 Å². The Bertz CT molecular complexity index is 1130. The summed E-state index contributed by atoms with van der Waals surface area (Å²) >= 11 is 0. The van der Waals surface area contributed by atoms with Gasteiger partial charge in [-0.3, -0.25) is 4.79 Å². The number of aliphatic hydroxyl groups is 2. The lowest BCUT2D eigenvalue weighted by Crippen LogP contribution is -2.45. The largest absolute Gasteiger partial charge is 0.394 e. The normalized spacial score (nSPS) is 14.5. The van der Waals surface area contributed by atoms with Crippen LogP contribution in [0.5, 0.6) is 0 Å². The second kappa shape index (κ2) is 41.9. The van der Waals surface area contributed by atoms with Crippen molar-refractivity contribution >= 4 is 5.91 Å². The second-order valence-electron chi connectivity index (χ2n) is 12.9. The number of nitrogens with one attached hydrogen (secondary N) is 1. The van der Waals surface area contributed by atoms with E-state index in [9.17, 15) is 15.0 Å². The van der Waals surface area contributed by atoms with E-state index in [0.717, 1.165) is 96.3 Å². The predicted octanol–water partition coefficient (Wildman–Crippen LogP) is 12.8. The fourth-order valence-corrected chi connectivity index (χ4v) is 4.99. The summed E-state index contributed by atoms with van der Waals surface area (Å²) in [6.45, 7) is 4.09. The quantitative estimate of drug-likeness (QED) is 0.0459. The number of allylic oxidation sites excluding steroid dienone is 21. The van der Waals surface area contributed by atoms with Crippen molar-refractivity contribution in [2.45, 2.75) is 154 Å². The molecule has 4 heteroatoms. The Labute approximate surface area is 320 Å². The second-order valence-corrected chi connectivity index (χ2v) is 12.9. The fourth-order valence-electron chi connectivity index (χ4n) is 4.99. The highest BCUT2D eigenvalue weighted by Gasteiger charge is 2.17. The fraction of sp³-hybridized carbons (Fsp3) is 0.521. The van der Waals surface area contributed by atoms with Crippen molar-refractivity contribution in [3.8, 4) is 0 Å². The van der Waals surface area contributed by atoms with E-state index >= 15 is 0 Å². The first-order valence-electron chi connectivity index (χ1n) is 20.4. The van der Waals surface area contributed by atoms with Crippen LogP contribution in [0, 0.1) is 0 Å². The molecular formula is C48H75NO3. The van der Waals surface area contributed by atoms with Gasteiger partial charge in [0.25, 0.3) is 0 Å². The van der Waals surface area contributed by atoms with Crippen LogP contribution >= 0.6 is 0 Å². The van der Waals surface area contributed by atoms with Gasteiger partial charge in [-0.05, 0) is 109 Å². The van der Waals surface area contributed by atoms with Crippen LogP contribution in [0.1, 0.15) is 142 Å². The van der Waals surface area contributed by atoms with E-state index < -0.39 is 12.1 Å². The van der Waals surface area contributed by atoms with Crippen LogP contribution in [-0.4, -0.2) is 34.9 Å². The minimum absolute atomic E-state index is 0.129. The zero-order valence-electron chi connectivity index (χ0n) is 33.0. The van der Waals surface area contributed by atoms with E-state index in [2.05, 4.69) is 141 Å². The lowest BCUT2D eigenvalue weighted by atomic mass is 10.1. The Balaban J connectivity index is 3.84. The number of carbonyl (C=O) groups is 1. The predicted molar refractivity (Wildman–Crippen MR) is 229 cm³/mol. The van der Waals surface area contributed by atoms with Crippen molar-refractivity contribution in [1.82, 2.24) is 5.32 Å². The van der Waals surface area contributed by atoms with Gasteiger partial charge in [-0.2, -0.15) is 0 Å². The molecular weight excluding hydrogens is 639 g/mol. The van der Waals surface area contributed by atoms with Crippen molar-refractivity contribution in [3.63, 3.8) is 0 Å². The van der Waals surface area contributed by atoms with E-state index in [0.29, 0.717) is 6.42 Å². The van der Waals surface area contributed by atoms with E-state index in [1.165, 1.54) is 25.7 Å². The van der Waals surface area contributed by atoms with Crippen molar-refractivity contribution in [3.05, 3.63) is 134 Å². The lowest BCUT2D eigenvalue weighted by molar-refractivity contribution is -0.123. The highest BCUT2D eigenvalue weighted by molar-refractivity contribution is 5.76. The maximum absolute atomic E-state index is 12.3. The van der Waals surface area contributed by atoms with Crippen LogP contribution in [0.2, 0.25) is 0 Å². The molecule has 0 aromatic heterocycles. The van der Waals surface area contributed by atoms with Gasteiger partial charge in [-0.1, -0.05) is 160 Å². The summed E-state index contributed by atoms with van der Waals surface area (Å²) in [7, 11) is 0. The smallest absolute Gasteiger partial charge is 0.220 e. The Hall–Kier alpha value is -3.47. The number of hydrogen-bond donors (Lipinski definition) is 3. The summed E-state index contributed by atoms with van der Waals surface area (Å²) in [6.07, 6.45) is 66.9. The van der Waals surface area contributed by atoms with E-state index in [1.54, 1.807) is 6.08 Å². The monoisotopic (exact) mass is 714 g/mol. The maximum atomic E-state index is 12.3. The topological polar surface area (TPSA) is 69.6 Å². The molecule has 0 aromatic rings. The third-order valence-electron chi connectivity index (χ3n) is 8.10. The first-order valence-corrected chi connectivity index (χ1v) is 20.4. The highest BCUT2D eigenvalue weighted by atomic mass is 16.3. The highest BCUT2D eigenvalue weighted by Crippen LogP contribution is 2.06. The molecule has 0 aromatic carbocycles. The third kappa shape index (κ3) is 37.8. The molecule has 0 aliphatic rings. The van der Waals surface area contributed by atoms with Crippen LogP contribution in [0.15, 0.2) is 134 Å². The Morgan fingerprint density at radius 1 is 0.481 bits per heavy atom. The number of carbonyl (C=O) groups excluding carboxylic acids is 1. The molecule has 4 nitrogen and oxygen atoms in total. The van der Waals surface area contributed by atoms with Gasteiger partial charge >= 0.3 is 0 Å². The Morgan fingerprint density at radius 2 is 0.846 bits per heavy atom. The molecule has 0 radical (unpaired) electrons. The summed E-state index contributed by atoms with van der Waals surface area (Å²) in [5.41, 5.74) is 0. The van der Waals surface area contributed by atoms with Gasteiger partial charge in [-0.15, -0.1) is 0 Å². The van der Waals surface area contributed by atoms with Gasteiger partial charge in [0.1, 0.15) is 0 Å². The van der Waals surface area contributed by atoms with E-state index in [4.69, 9.17) is 0 Å². The number of rotatable bonds is 34. The van der Waals surface area contributed by atoms with Crippen molar-refractivity contribution in [2.24, 2.45) is 0 Å². The molecule has 290 valence electrons. The first-order chi connectivity index (χ1) is 25.7. The molecule has 0 aliphatic heterocycles. The Morgan fingerprint density at radius 3 is 1.27 bits per heavy atom. The van der Waals surface area contributed by atoms with Crippen LogP contribution < -0.4 is 5.32 Å². The molecule has 0 aliphatic carbocycles. The number of hydrogen-bond acceptors (Lipinski definition) is 3. The number of aliphatic hydroxyl groups excluding tert-OH is 2. The average molecular weight is 714 g/mol. The SMILES string of the molecule is CC/C=C\C/C=C\C/C=C\C/C=C\C/C=C\C/C=C\C/C=C\C/C=C\CCCCC(=O)NC(CO)C(O)/C=C/CC/C=C/CC/C=C/CCCCC. The van der Waals surface area contributed by atoms with Gasteiger partial charge in [0, 0.05) is 6.42 Å². The minimum atomic E-state index is -0.897. The molecule has 0 fully saturated rings. The zero-order valence-corrected chi connectivity index (χ0v) is 33.0. The molecule has 1 amide bonds. The van der Waals surface area contributed by atoms with Gasteiger partial charge in [0.2, 0.25) is 5.91 Å². The van der Waals surface area contributed by atoms with Gasteiger partial charge in [-0.25, -0.2) is 0 Å². The maximum Gasteiger partial charge on any atom is 0.220 e. The van der Waals surface area contributed by atoms with Crippen LogP contribution in [0.3, 0.4) is 0 Å². The van der Waals surface area contributed by atoms with Gasteiger partial charge in [0.15, 0.2) is 0 Å². The molecule has 0 rings (SSSR count). The zero-order chi connectivity index (χ0) is 37.8. The van der Waals surface area contributed by atoms with Crippen molar-refractivity contribution < 1.29 is 15.0 Å². The summed E-state index contributed by atoms with van der Waals surface area (Å²) in [5.74, 6) is -0.129. The molecule has 52 heavy (non-hydrogen) atoms.